The van der Waals surface area contributed by atoms with Crippen LogP contribution in [0.15, 0.2) is 91.0 Å². The van der Waals surface area contributed by atoms with Gasteiger partial charge in [-0.25, -0.2) is 0 Å². The minimum atomic E-state index is -0.718. The van der Waals surface area contributed by atoms with E-state index >= 15 is 0 Å². The quantitative estimate of drug-likeness (QED) is 0.713. The van der Waals surface area contributed by atoms with E-state index < -0.39 is 6.10 Å². The number of phenolic OH excluding ortho intramolecular Hbond substituents is 1. The van der Waals surface area contributed by atoms with Crippen molar-refractivity contribution in [3.05, 3.63) is 108 Å². The molecular formula is C22H20O2. The smallest absolute Gasteiger partial charge is 0.115 e. The van der Waals surface area contributed by atoms with E-state index in [1.807, 2.05) is 42.5 Å². The van der Waals surface area contributed by atoms with Crippen LogP contribution in [0.4, 0.5) is 0 Å². The lowest BCUT2D eigenvalue weighted by Crippen LogP contribution is -1.98. The minimum Gasteiger partial charge on any atom is -0.508 e. The average Bonchev–Trinajstić information content (AvgIpc) is 2.63. The molecule has 1 atom stereocenters. The normalized spacial score (nSPS) is 12.8. The first kappa shape index (κ1) is 16.0. The number of phenols is 1. The summed E-state index contributed by atoms with van der Waals surface area (Å²) in [5.74, 6) is 0.197. The van der Waals surface area contributed by atoms with Gasteiger partial charge in [0.2, 0.25) is 0 Å². The van der Waals surface area contributed by atoms with Gasteiger partial charge in [0.25, 0.3) is 0 Å². The summed E-state index contributed by atoms with van der Waals surface area (Å²) in [5, 5.41) is 20.0. The average molecular weight is 316 g/mol. The van der Waals surface area contributed by atoms with Crippen LogP contribution in [0.2, 0.25) is 0 Å². The molecule has 0 saturated heterocycles. The van der Waals surface area contributed by atoms with E-state index in [1.54, 1.807) is 24.3 Å². The third kappa shape index (κ3) is 4.12. The highest BCUT2D eigenvalue weighted by Gasteiger charge is 2.09. The molecule has 120 valence electrons. The number of aromatic hydroxyl groups is 1. The van der Waals surface area contributed by atoms with Crippen molar-refractivity contribution >= 4 is 5.57 Å². The van der Waals surface area contributed by atoms with E-state index in [-0.39, 0.29) is 5.75 Å². The van der Waals surface area contributed by atoms with Crippen LogP contribution in [-0.2, 0) is 6.42 Å². The van der Waals surface area contributed by atoms with Gasteiger partial charge in [0.15, 0.2) is 0 Å². The Morgan fingerprint density at radius 2 is 1.38 bits per heavy atom. The molecule has 0 heterocycles. The topological polar surface area (TPSA) is 40.5 Å². The molecule has 1 unspecified atom stereocenters. The number of hydrogen-bond donors (Lipinski definition) is 2. The largest absolute Gasteiger partial charge is 0.508 e. The summed E-state index contributed by atoms with van der Waals surface area (Å²) in [6.07, 6.45) is 1.92. The van der Waals surface area contributed by atoms with Gasteiger partial charge in [-0.15, -0.1) is 0 Å². The molecule has 0 bridgehead atoms. The summed E-state index contributed by atoms with van der Waals surface area (Å²) >= 11 is 0. The fourth-order valence-corrected chi connectivity index (χ4v) is 2.68. The molecule has 0 radical (unpaired) electrons. The van der Waals surface area contributed by atoms with Crippen molar-refractivity contribution in [1.82, 2.24) is 0 Å². The second-order valence-corrected chi connectivity index (χ2v) is 5.76. The molecule has 2 heteroatoms. The highest BCUT2D eigenvalue weighted by atomic mass is 16.3. The first-order chi connectivity index (χ1) is 11.7. The van der Waals surface area contributed by atoms with E-state index in [2.05, 4.69) is 24.3 Å². The Bertz CT molecular complexity index is 790. The SMILES string of the molecule is Oc1ccc(C(O)C=C(Cc2ccccc2)c2ccccc2)cc1. The van der Waals surface area contributed by atoms with Crippen molar-refractivity contribution in [1.29, 1.82) is 0 Å². The third-order valence-corrected chi connectivity index (χ3v) is 3.98. The third-order valence-electron chi connectivity index (χ3n) is 3.98. The number of aliphatic hydroxyl groups is 1. The Hall–Kier alpha value is -2.84. The Morgan fingerprint density at radius 3 is 2.00 bits per heavy atom. The number of benzene rings is 3. The van der Waals surface area contributed by atoms with E-state index in [4.69, 9.17) is 0 Å². The fourth-order valence-electron chi connectivity index (χ4n) is 2.68. The summed E-state index contributed by atoms with van der Waals surface area (Å²) in [4.78, 5) is 0. The predicted molar refractivity (Wildman–Crippen MR) is 97.6 cm³/mol. The number of hydrogen-bond acceptors (Lipinski definition) is 2. The predicted octanol–water partition coefficient (Wildman–Crippen LogP) is 4.75. The van der Waals surface area contributed by atoms with Crippen LogP contribution in [0.1, 0.15) is 22.8 Å². The van der Waals surface area contributed by atoms with Crippen LogP contribution in [0.5, 0.6) is 5.75 Å². The van der Waals surface area contributed by atoms with Gasteiger partial charge >= 0.3 is 0 Å². The molecule has 0 fully saturated rings. The van der Waals surface area contributed by atoms with Gasteiger partial charge in [-0.1, -0.05) is 72.8 Å². The second-order valence-electron chi connectivity index (χ2n) is 5.76. The van der Waals surface area contributed by atoms with Crippen molar-refractivity contribution in [2.45, 2.75) is 12.5 Å². The van der Waals surface area contributed by atoms with E-state index in [9.17, 15) is 10.2 Å². The van der Waals surface area contributed by atoms with E-state index in [0.717, 1.165) is 23.1 Å². The zero-order valence-corrected chi connectivity index (χ0v) is 13.3. The van der Waals surface area contributed by atoms with Crippen LogP contribution in [-0.4, -0.2) is 10.2 Å². The van der Waals surface area contributed by atoms with Gasteiger partial charge in [-0.05, 0) is 46.9 Å². The zero-order valence-electron chi connectivity index (χ0n) is 13.3. The molecule has 0 aliphatic carbocycles. The van der Waals surface area contributed by atoms with Gasteiger partial charge in [0.05, 0.1) is 6.10 Å². The number of aliphatic hydroxyl groups excluding tert-OH is 1. The van der Waals surface area contributed by atoms with E-state index in [1.165, 1.54) is 5.56 Å². The Kier molecular flexibility index (Phi) is 5.09. The summed E-state index contributed by atoms with van der Waals surface area (Å²) in [7, 11) is 0. The lowest BCUT2D eigenvalue weighted by Gasteiger charge is -2.13. The van der Waals surface area contributed by atoms with E-state index in [0.29, 0.717) is 0 Å². The molecule has 3 aromatic carbocycles. The summed E-state index contributed by atoms with van der Waals surface area (Å²) < 4.78 is 0. The van der Waals surface area contributed by atoms with Crippen LogP contribution in [0, 0.1) is 0 Å². The molecule has 3 aromatic rings. The van der Waals surface area contributed by atoms with Gasteiger partial charge in [0.1, 0.15) is 5.75 Å². The van der Waals surface area contributed by atoms with Crippen molar-refractivity contribution in [2.75, 3.05) is 0 Å². The zero-order chi connectivity index (χ0) is 16.8. The van der Waals surface area contributed by atoms with Gasteiger partial charge in [-0.3, -0.25) is 0 Å². The van der Waals surface area contributed by atoms with Crippen LogP contribution >= 0.6 is 0 Å². The lowest BCUT2D eigenvalue weighted by atomic mass is 9.95. The lowest BCUT2D eigenvalue weighted by molar-refractivity contribution is 0.229. The first-order valence-corrected chi connectivity index (χ1v) is 7.99. The van der Waals surface area contributed by atoms with Crippen molar-refractivity contribution in [3.8, 4) is 5.75 Å². The molecule has 0 aliphatic heterocycles. The molecule has 0 amide bonds. The molecule has 0 spiro atoms. The summed E-state index contributed by atoms with van der Waals surface area (Å²) in [6.45, 7) is 0. The maximum Gasteiger partial charge on any atom is 0.115 e. The van der Waals surface area contributed by atoms with Crippen LogP contribution < -0.4 is 0 Å². The molecule has 3 rings (SSSR count). The number of allylic oxidation sites excluding steroid dienone is 1. The van der Waals surface area contributed by atoms with Crippen molar-refractivity contribution in [2.24, 2.45) is 0 Å². The summed E-state index contributed by atoms with van der Waals surface area (Å²) in [5.41, 5.74) is 4.13. The van der Waals surface area contributed by atoms with Gasteiger partial charge in [0, 0.05) is 0 Å². The molecular weight excluding hydrogens is 296 g/mol. The maximum atomic E-state index is 10.6. The van der Waals surface area contributed by atoms with Gasteiger partial charge < -0.3 is 10.2 Å². The molecule has 0 saturated carbocycles. The molecule has 2 nitrogen and oxygen atoms in total. The molecule has 2 N–H and O–H groups in total. The molecule has 24 heavy (non-hydrogen) atoms. The van der Waals surface area contributed by atoms with Crippen LogP contribution in [0.3, 0.4) is 0 Å². The van der Waals surface area contributed by atoms with Crippen LogP contribution in [0.25, 0.3) is 5.57 Å². The van der Waals surface area contributed by atoms with Crippen molar-refractivity contribution in [3.63, 3.8) is 0 Å². The fraction of sp³-hybridized carbons (Fsp3) is 0.0909. The minimum absolute atomic E-state index is 0.197. The Balaban J connectivity index is 1.92. The standard InChI is InChI=1S/C22H20O2/c23-21-13-11-19(12-14-21)22(24)16-20(18-9-5-2-6-10-18)15-17-7-3-1-4-8-17/h1-14,16,22-24H,15H2. The monoisotopic (exact) mass is 316 g/mol. The highest BCUT2D eigenvalue weighted by molar-refractivity contribution is 5.68. The van der Waals surface area contributed by atoms with Crippen molar-refractivity contribution < 1.29 is 10.2 Å². The maximum absolute atomic E-state index is 10.6. The van der Waals surface area contributed by atoms with Gasteiger partial charge in [-0.2, -0.15) is 0 Å². The summed E-state index contributed by atoms with van der Waals surface area (Å²) in [6, 6.07) is 27.0. The first-order valence-electron chi connectivity index (χ1n) is 7.99. The Labute approximate surface area is 142 Å². The molecule has 0 aliphatic rings. The second kappa shape index (κ2) is 7.62. The Morgan fingerprint density at radius 1 is 0.792 bits per heavy atom. The number of rotatable bonds is 5. The highest BCUT2D eigenvalue weighted by Crippen LogP contribution is 2.25. The molecule has 0 aromatic heterocycles.